The van der Waals surface area contributed by atoms with Gasteiger partial charge in [0.15, 0.2) is 0 Å². The lowest BCUT2D eigenvalue weighted by molar-refractivity contribution is -0.138. The largest absolute Gasteiger partial charge is 0.417 e. The molecule has 1 aliphatic rings. The number of hydrogen-bond donors (Lipinski definition) is 1. The fourth-order valence-electron chi connectivity index (χ4n) is 2.81. The Morgan fingerprint density at radius 2 is 1.88 bits per heavy atom. The van der Waals surface area contributed by atoms with Gasteiger partial charge in [0.05, 0.1) is 24.2 Å². The highest BCUT2D eigenvalue weighted by Crippen LogP contribution is 2.31. The van der Waals surface area contributed by atoms with Crippen LogP contribution in [0.3, 0.4) is 0 Å². The van der Waals surface area contributed by atoms with E-state index in [2.05, 4.69) is 5.32 Å². The number of hydrogen-bond acceptors (Lipinski definition) is 3. The van der Waals surface area contributed by atoms with Crippen LogP contribution in [-0.2, 0) is 15.7 Å². The molecule has 0 saturated carbocycles. The SMILES string of the molecule is COCCC(=O)N1CCC(NC(=O)c2ccccc2C(F)(F)F)CC1. The van der Waals surface area contributed by atoms with Crippen LogP contribution in [0.1, 0.15) is 35.2 Å². The Labute approximate surface area is 144 Å². The van der Waals surface area contributed by atoms with Crippen LogP contribution in [0.25, 0.3) is 0 Å². The van der Waals surface area contributed by atoms with Crippen molar-refractivity contribution >= 4 is 11.8 Å². The van der Waals surface area contributed by atoms with Crippen LogP contribution < -0.4 is 5.32 Å². The number of methoxy groups -OCH3 is 1. The van der Waals surface area contributed by atoms with E-state index in [-0.39, 0.29) is 17.5 Å². The van der Waals surface area contributed by atoms with Gasteiger partial charge in [0.25, 0.3) is 5.91 Å². The summed E-state index contributed by atoms with van der Waals surface area (Å²) in [6.07, 6.45) is -3.26. The van der Waals surface area contributed by atoms with Crippen LogP contribution in [-0.4, -0.2) is 49.6 Å². The normalized spacial score (nSPS) is 15.9. The molecule has 2 amide bonds. The molecule has 0 spiro atoms. The number of benzene rings is 1. The average Bonchev–Trinajstić information content (AvgIpc) is 2.59. The van der Waals surface area contributed by atoms with E-state index in [1.807, 2.05) is 0 Å². The second kappa shape index (κ2) is 8.33. The molecule has 1 aromatic carbocycles. The maximum Gasteiger partial charge on any atom is 0.417 e. The van der Waals surface area contributed by atoms with Crippen molar-refractivity contribution in [1.82, 2.24) is 10.2 Å². The minimum atomic E-state index is -4.58. The average molecular weight is 358 g/mol. The fraction of sp³-hybridized carbons (Fsp3) is 0.529. The molecule has 5 nitrogen and oxygen atoms in total. The highest BCUT2D eigenvalue weighted by molar-refractivity contribution is 5.96. The molecule has 1 fully saturated rings. The monoisotopic (exact) mass is 358 g/mol. The lowest BCUT2D eigenvalue weighted by atomic mass is 10.0. The molecule has 0 bridgehead atoms. The van der Waals surface area contributed by atoms with Gasteiger partial charge in [-0.2, -0.15) is 13.2 Å². The quantitative estimate of drug-likeness (QED) is 0.880. The first-order valence-corrected chi connectivity index (χ1v) is 8.06. The zero-order valence-corrected chi connectivity index (χ0v) is 13.9. The van der Waals surface area contributed by atoms with Crippen molar-refractivity contribution in [2.24, 2.45) is 0 Å². The summed E-state index contributed by atoms with van der Waals surface area (Å²) >= 11 is 0. The highest BCUT2D eigenvalue weighted by Gasteiger charge is 2.35. The second-order valence-corrected chi connectivity index (χ2v) is 5.91. The smallest absolute Gasteiger partial charge is 0.384 e. The van der Waals surface area contributed by atoms with Gasteiger partial charge in [-0.1, -0.05) is 12.1 Å². The standard InChI is InChI=1S/C17H21F3N2O3/c1-25-11-8-15(23)22-9-6-12(7-10-22)21-16(24)13-4-2-3-5-14(13)17(18,19)20/h2-5,12H,6-11H2,1H3,(H,21,24). The predicted molar refractivity (Wildman–Crippen MR) is 85.0 cm³/mol. The van der Waals surface area contributed by atoms with Crippen molar-refractivity contribution in [2.45, 2.75) is 31.5 Å². The molecule has 0 radical (unpaired) electrons. The summed E-state index contributed by atoms with van der Waals surface area (Å²) in [6, 6.07) is 4.47. The number of ether oxygens (including phenoxy) is 1. The minimum Gasteiger partial charge on any atom is -0.384 e. The Hall–Kier alpha value is -2.09. The maximum atomic E-state index is 13.0. The number of amides is 2. The fourth-order valence-corrected chi connectivity index (χ4v) is 2.81. The van der Waals surface area contributed by atoms with Crippen molar-refractivity contribution in [3.8, 4) is 0 Å². The third-order valence-corrected chi connectivity index (χ3v) is 4.18. The molecule has 1 N–H and O–H groups in total. The van der Waals surface area contributed by atoms with E-state index in [9.17, 15) is 22.8 Å². The maximum absolute atomic E-state index is 13.0. The van der Waals surface area contributed by atoms with E-state index < -0.39 is 17.6 Å². The van der Waals surface area contributed by atoms with Crippen LogP contribution in [0.2, 0.25) is 0 Å². The number of rotatable bonds is 5. The molecule has 1 heterocycles. The highest BCUT2D eigenvalue weighted by atomic mass is 19.4. The molecule has 8 heteroatoms. The van der Waals surface area contributed by atoms with E-state index >= 15 is 0 Å². The Kier molecular flexibility index (Phi) is 6.41. The summed E-state index contributed by atoms with van der Waals surface area (Å²) < 4.78 is 43.9. The third-order valence-electron chi connectivity index (χ3n) is 4.18. The van der Waals surface area contributed by atoms with Crippen molar-refractivity contribution in [3.63, 3.8) is 0 Å². The van der Waals surface area contributed by atoms with Crippen LogP contribution in [0.15, 0.2) is 24.3 Å². The number of halogens is 3. The first-order valence-electron chi connectivity index (χ1n) is 8.06. The topological polar surface area (TPSA) is 58.6 Å². The first-order chi connectivity index (χ1) is 11.8. The van der Waals surface area contributed by atoms with E-state index in [0.717, 1.165) is 6.07 Å². The molecular weight excluding hydrogens is 337 g/mol. The number of alkyl halides is 3. The third kappa shape index (κ3) is 5.19. The summed E-state index contributed by atoms with van der Waals surface area (Å²) in [6.45, 7) is 1.28. The molecule has 138 valence electrons. The number of likely N-dealkylation sites (tertiary alicyclic amines) is 1. The van der Waals surface area contributed by atoms with Gasteiger partial charge in [-0.3, -0.25) is 9.59 Å². The number of carbonyl (C=O) groups excluding carboxylic acids is 2. The molecule has 0 aromatic heterocycles. The number of carbonyl (C=O) groups is 2. The summed E-state index contributed by atoms with van der Waals surface area (Å²) in [5.41, 5.74) is -1.33. The Morgan fingerprint density at radius 3 is 2.48 bits per heavy atom. The molecule has 0 atom stereocenters. The van der Waals surface area contributed by atoms with Gasteiger partial charge < -0.3 is 15.0 Å². The van der Waals surface area contributed by atoms with Crippen molar-refractivity contribution < 1.29 is 27.5 Å². The first kappa shape index (κ1) is 19.2. The van der Waals surface area contributed by atoms with Crippen molar-refractivity contribution in [2.75, 3.05) is 26.8 Å². The lowest BCUT2D eigenvalue weighted by Crippen LogP contribution is -2.46. The number of nitrogens with zero attached hydrogens (tertiary/aromatic N) is 1. The minimum absolute atomic E-state index is 0.0194. The summed E-state index contributed by atoms with van der Waals surface area (Å²) in [5, 5.41) is 2.65. The molecule has 2 rings (SSSR count). The number of nitrogens with one attached hydrogen (secondary N) is 1. The van der Waals surface area contributed by atoms with Gasteiger partial charge in [-0.05, 0) is 25.0 Å². The second-order valence-electron chi connectivity index (χ2n) is 5.91. The van der Waals surface area contributed by atoms with Gasteiger partial charge in [-0.25, -0.2) is 0 Å². The zero-order chi connectivity index (χ0) is 18.4. The number of piperidine rings is 1. The van der Waals surface area contributed by atoms with Gasteiger partial charge in [-0.15, -0.1) is 0 Å². The van der Waals surface area contributed by atoms with E-state index in [1.165, 1.54) is 25.3 Å². The van der Waals surface area contributed by atoms with Gasteiger partial charge in [0.2, 0.25) is 5.91 Å². The molecule has 0 unspecified atom stereocenters. The Morgan fingerprint density at radius 1 is 1.24 bits per heavy atom. The van der Waals surface area contributed by atoms with Crippen molar-refractivity contribution in [1.29, 1.82) is 0 Å². The van der Waals surface area contributed by atoms with Crippen LogP contribution >= 0.6 is 0 Å². The molecule has 1 aromatic rings. The molecule has 25 heavy (non-hydrogen) atoms. The Balaban J connectivity index is 1.92. The van der Waals surface area contributed by atoms with E-state index in [4.69, 9.17) is 4.74 Å². The van der Waals surface area contributed by atoms with E-state index in [0.29, 0.717) is 39.0 Å². The molecule has 1 aliphatic heterocycles. The van der Waals surface area contributed by atoms with Gasteiger partial charge >= 0.3 is 6.18 Å². The van der Waals surface area contributed by atoms with Crippen LogP contribution in [0.4, 0.5) is 13.2 Å². The van der Waals surface area contributed by atoms with Gasteiger partial charge in [0.1, 0.15) is 0 Å². The Bertz CT molecular complexity index is 611. The summed E-state index contributed by atoms with van der Waals surface area (Å²) in [5.74, 6) is -0.758. The summed E-state index contributed by atoms with van der Waals surface area (Å²) in [7, 11) is 1.52. The van der Waals surface area contributed by atoms with Crippen molar-refractivity contribution in [3.05, 3.63) is 35.4 Å². The van der Waals surface area contributed by atoms with Crippen LogP contribution in [0, 0.1) is 0 Å². The summed E-state index contributed by atoms with van der Waals surface area (Å²) in [4.78, 5) is 25.8. The molecular formula is C17H21F3N2O3. The molecule has 0 aliphatic carbocycles. The van der Waals surface area contributed by atoms with E-state index in [1.54, 1.807) is 4.90 Å². The van der Waals surface area contributed by atoms with Gasteiger partial charge in [0, 0.05) is 26.2 Å². The lowest BCUT2D eigenvalue weighted by Gasteiger charge is -2.32. The molecule has 1 saturated heterocycles. The van der Waals surface area contributed by atoms with Crippen LogP contribution in [0.5, 0.6) is 0 Å². The predicted octanol–water partition coefficient (Wildman–Crippen LogP) is 2.46. The zero-order valence-electron chi connectivity index (χ0n) is 13.9.